The smallest absolute Gasteiger partial charge is 0.227 e. The van der Waals surface area contributed by atoms with Crippen molar-refractivity contribution in [2.24, 2.45) is 5.41 Å². The fourth-order valence-corrected chi connectivity index (χ4v) is 3.92. The summed E-state index contributed by atoms with van der Waals surface area (Å²) in [6.07, 6.45) is 5.31. The average Bonchev–Trinajstić information content (AvgIpc) is 2.49. The number of nitrogens with one attached hydrogen (secondary N) is 2. The molecule has 0 aromatic heterocycles. The number of fused-ring (bicyclic) bond motifs is 1. The van der Waals surface area contributed by atoms with Crippen molar-refractivity contribution in [2.75, 3.05) is 19.6 Å². The Labute approximate surface area is 127 Å². The molecule has 0 radical (unpaired) electrons. The predicted octanol–water partition coefficient (Wildman–Crippen LogP) is 2.61. The number of benzene rings is 1. The number of carbonyl (C=O) groups excluding carboxylic acids is 1. The van der Waals surface area contributed by atoms with Crippen molar-refractivity contribution < 1.29 is 4.79 Å². The van der Waals surface area contributed by atoms with E-state index in [-0.39, 0.29) is 11.3 Å². The molecule has 114 valence electrons. The Bertz CT molecular complexity index is 500. The van der Waals surface area contributed by atoms with Gasteiger partial charge in [0, 0.05) is 19.0 Å². The number of hydrogen-bond donors (Lipinski definition) is 2. The fraction of sp³-hybridized carbons (Fsp3) is 0.611. The Morgan fingerprint density at radius 2 is 2.29 bits per heavy atom. The molecule has 0 saturated carbocycles. The highest BCUT2D eigenvalue weighted by Crippen LogP contribution is 2.35. The molecule has 3 heteroatoms. The van der Waals surface area contributed by atoms with Gasteiger partial charge in [-0.15, -0.1) is 0 Å². The Hall–Kier alpha value is -1.35. The number of carbonyl (C=O) groups is 1. The minimum absolute atomic E-state index is 0.170. The zero-order valence-electron chi connectivity index (χ0n) is 13.0. The average molecular weight is 286 g/mol. The second-order valence-electron chi connectivity index (χ2n) is 6.62. The first-order valence-corrected chi connectivity index (χ1v) is 8.32. The first-order chi connectivity index (χ1) is 10.2. The quantitative estimate of drug-likeness (QED) is 0.873. The molecule has 2 aliphatic rings. The van der Waals surface area contributed by atoms with E-state index in [1.165, 1.54) is 11.1 Å². The molecule has 1 aliphatic heterocycles. The molecule has 1 aliphatic carbocycles. The lowest BCUT2D eigenvalue weighted by atomic mass is 9.75. The van der Waals surface area contributed by atoms with E-state index < -0.39 is 0 Å². The van der Waals surface area contributed by atoms with Crippen LogP contribution in [-0.2, 0) is 11.2 Å². The van der Waals surface area contributed by atoms with Crippen LogP contribution < -0.4 is 10.6 Å². The monoisotopic (exact) mass is 286 g/mol. The summed E-state index contributed by atoms with van der Waals surface area (Å²) in [5, 5.41) is 6.65. The van der Waals surface area contributed by atoms with Crippen LogP contribution in [0.4, 0.5) is 0 Å². The molecular formula is C18H26N2O. The molecule has 2 N–H and O–H groups in total. The molecule has 1 heterocycles. The van der Waals surface area contributed by atoms with E-state index in [0.29, 0.717) is 5.92 Å². The van der Waals surface area contributed by atoms with E-state index in [4.69, 9.17) is 0 Å². The highest BCUT2D eigenvalue weighted by Gasteiger charge is 2.39. The highest BCUT2D eigenvalue weighted by molar-refractivity contribution is 5.83. The molecule has 1 aromatic rings. The van der Waals surface area contributed by atoms with Gasteiger partial charge in [-0.25, -0.2) is 0 Å². The van der Waals surface area contributed by atoms with Gasteiger partial charge in [-0.2, -0.15) is 0 Å². The van der Waals surface area contributed by atoms with Crippen molar-refractivity contribution in [3.63, 3.8) is 0 Å². The van der Waals surface area contributed by atoms with E-state index in [2.05, 4.69) is 41.8 Å². The van der Waals surface area contributed by atoms with Gasteiger partial charge in [0.2, 0.25) is 5.91 Å². The number of amides is 1. The van der Waals surface area contributed by atoms with Crippen LogP contribution in [0.5, 0.6) is 0 Å². The normalized spacial score (nSPS) is 27.6. The molecule has 0 bridgehead atoms. The second-order valence-corrected chi connectivity index (χ2v) is 6.62. The maximum Gasteiger partial charge on any atom is 0.227 e. The summed E-state index contributed by atoms with van der Waals surface area (Å²) >= 11 is 0. The third-order valence-corrected chi connectivity index (χ3v) is 5.15. The van der Waals surface area contributed by atoms with E-state index in [0.717, 1.165) is 51.7 Å². The van der Waals surface area contributed by atoms with Crippen LogP contribution in [0, 0.1) is 5.41 Å². The summed E-state index contributed by atoms with van der Waals surface area (Å²) in [5.41, 5.74) is 2.69. The second kappa shape index (κ2) is 6.18. The SMILES string of the molecule is CCCC1(C(=O)NCC2Cc3ccccc32)CCCNC1. The first-order valence-electron chi connectivity index (χ1n) is 8.32. The standard InChI is InChI=1S/C18H26N2O/c1-2-8-18(9-5-10-19-13-18)17(21)20-12-15-11-14-6-3-4-7-16(14)15/h3-4,6-7,15,19H,2,5,8-13H2,1H3,(H,20,21). The minimum atomic E-state index is -0.170. The van der Waals surface area contributed by atoms with Gasteiger partial charge in [0.25, 0.3) is 0 Å². The lowest BCUT2D eigenvalue weighted by molar-refractivity contribution is -0.132. The van der Waals surface area contributed by atoms with Gasteiger partial charge in [-0.05, 0) is 43.4 Å². The van der Waals surface area contributed by atoms with Crippen LogP contribution in [-0.4, -0.2) is 25.5 Å². The van der Waals surface area contributed by atoms with Crippen molar-refractivity contribution in [1.82, 2.24) is 10.6 Å². The Morgan fingerprint density at radius 1 is 1.43 bits per heavy atom. The summed E-state index contributed by atoms with van der Waals surface area (Å²) in [7, 11) is 0. The van der Waals surface area contributed by atoms with Crippen molar-refractivity contribution in [3.8, 4) is 0 Å². The zero-order valence-corrected chi connectivity index (χ0v) is 13.0. The van der Waals surface area contributed by atoms with Gasteiger partial charge in [-0.3, -0.25) is 4.79 Å². The summed E-state index contributed by atoms with van der Waals surface area (Å²) in [4.78, 5) is 12.7. The maximum atomic E-state index is 12.7. The third kappa shape index (κ3) is 2.84. The van der Waals surface area contributed by atoms with Gasteiger partial charge >= 0.3 is 0 Å². The Kier molecular flexibility index (Phi) is 4.29. The Morgan fingerprint density at radius 3 is 3.00 bits per heavy atom. The van der Waals surface area contributed by atoms with E-state index in [1.54, 1.807) is 0 Å². The van der Waals surface area contributed by atoms with Crippen molar-refractivity contribution in [1.29, 1.82) is 0 Å². The number of piperidine rings is 1. The van der Waals surface area contributed by atoms with Gasteiger partial charge in [0.05, 0.1) is 5.41 Å². The van der Waals surface area contributed by atoms with Crippen LogP contribution in [0.3, 0.4) is 0 Å². The molecule has 1 fully saturated rings. The molecule has 2 unspecified atom stereocenters. The lowest BCUT2D eigenvalue weighted by Gasteiger charge is -2.37. The predicted molar refractivity (Wildman–Crippen MR) is 85.3 cm³/mol. The van der Waals surface area contributed by atoms with Gasteiger partial charge in [0.1, 0.15) is 0 Å². The van der Waals surface area contributed by atoms with Crippen LogP contribution in [0.1, 0.15) is 49.7 Å². The summed E-state index contributed by atoms with van der Waals surface area (Å²) in [6.45, 7) is 4.86. The minimum Gasteiger partial charge on any atom is -0.355 e. The molecule has 3 nitrogen and oxygen atoms in total. The summed E-state index contributed by atoms with van der Waals surface area (Å²) in [5.74, 6) is 0.779. The highest BCUT2D eigenvalue weighted by atomic mass is 16.2. The maximum absolute atomic E-state index is 12.7. The van der Waals surface area contributed by atoms with Crippen molar-refractivity contribution in [2.45, 2.75) is 44.9 Å². The van der Waals surface area contributed by atoms with Gasteiger partial charge in [-0.1, -0.05) is 37.6 Å². The zero-order chi connectivity index (χ0) is 14.7. The topological polar surface area (TPSA) is 41.1 Å². The molecule has 2 atom stereocenters. The molecular weight excluding hydrogens is 260 g/mol. The van der Waals surface area contributed by atoms with Gasteiger partial charge < -0.3 is 10.6 Å². The largest absolute Gasteiger partial charge is 0.355 e. The van der Waals surface area contributed by atoms with Crippen LogP contribution in [0.25, 0.3) is 0 Å². The summed E-state index contributed by atoms with van der Waals surface area (Å²) < 4.78 is 0. The number of hydrogen-bond acceptors (Lipinski definition) is 2. The molecule has 0 spiro atoms. The summed E-state index contributed by atoms with van der Waals surface area (Å²) in [6, 6.07) is 8.57. The van der Waals surface area contributed by atoms with Crippen LogP contribution in [0.2, 0.25) is 0 Å². The molecule has 3 rings (SSSR count). The Balaban J connectivity index is 1.58. The molecule has 1 saturated heterocycles. The van der Waals surface area contributed by atoms with Crippen LogP contribution in [0.15, 0.2) is 24.3 Å². The van der Waals surface area contributed by atoms with Crippen molar-refractivity contribution >= 4 is 5.91 Å². The van der Waals surface area contributed by atoms with E-state index in [9.17, 15) is 4.79 Å². The number of rotatable bonds is 5. The van der Waals surface area contributed by atoms with Crippen molar-refractivity contribution in [3.05, 3.63) is 35.4 Å². The third-order valence-electron chi connectivity index (χ3n) is 5.15. The van der Waals surface area contributed by atoms with Gasteiger partial charge in [0.15, 0.2) is 0 Å². The molecule has 1 aromatic carbocycles. The molecule has 21 heavy (non-hydrogen) atoms. The lowest BCUT2D eigenvalue weighted by Crippen LogP contribution is -2.51. The molecule has 1 amide bonds. The van der Waals surface area contributed by atoms with E-state index in [1.807, 2.05) is 0 Å². The first kappa shape index (κ1) is 14.6. The fourth-order valence-electron chi connectivity index (χ4n) is 3.92. The van der Waals surface area contributed by atoms with E-state index >= 15 is 0 Å². The van der Waals surface area contributed by atoms with Crippen LogP contribution >= 0.6 is 0 Å².